The van der Waals surface area contributed by atoms with Gasteiger partial charge < -0.3 is 15.2 Å². The third-order valence-corrected chi connectivity index (χ3v) is 7.33. The molecule has 6 heteroatoms. The van der Waals surface area contributed by atoms with Crippen molar-refractivity contribution in [2.24, 2.45) is 5.73 Å². The molecule has 5 rings (SSSR count). The van der Waals surface area contributed by atoms with Crippen molar-refractivity contribution in [2.75, 3.05) is 13.1 Å². The van der Waals surface area contributed by atoms with E-state index in [4.69, 9.17) is 5.73 Å². The Balaban J connectivity index is 1.29. The molecule has 2 aromatic carbocycles. The first-order valence-corrected chi connectivity index (χ1v) is 11.9. The molecule has 2 aliphatic heterocycles. The maximum atomic E-state index is 13.3. The Labute approximate surface area is 195 Å². The number of likely N-dealkylation sites (tertiary alicyclic amines) is 1. The number of benzene rings is 2. The predicted molar refractivity (Wildman–Crippen MR) is 130 cm³/mol. The number of hydrogen-bond donors (Lipinski definition) is 1. The van der Waals surface area contributed by atoms with E-state index >= 15 is 0 Å². The molecule has 0 radical (unpaired) electrons. The minimum atomic E-state index is -0.519. The molecule has 2 amide bonds. The maximum Gasteiger partial charge on any atom is 0.255 e. The van der Waals surface area contributed by atoms with Crippen LogP contribution in [0.1, 0.15) is 70.1 Å². The Morgan fingerprint density at radius 3 is 2.55 bits per heavy atom. The average molecular weight is 445 g/mol. The number of hydrogen-bond acceptors (Lipinski definition) is 3. The van der Waals surface area contributed by atoms with Gasteiger partial charge in [-0.05, 0) is 56.4 Å². The summed E-state index contributed by atoms with van der Waals surface area (Å²) in [6, 6.07) is 13.1. The molecule has 33 heavy (non-hydrogen) atoms. The summed E-state index contributed by atoms with van der Waals surface area (Å²) in [5, 5.41) is 1.33. The second-order valence-corrected chi connectivity index (χ2v) is 9.77. The molecular weight excluding hydrogens is 412 g/mol. The summed E-state index contributed by atoms with van der Waals surface area (Å²) in [6.07, 6.45) is 4.18. The Morgan fingerprint density at radius 1 is 1.12 bits per heavy atom. The van der Waals surface area contributed by atoms with Gasteiger partial charge in [0, 0.05) is 55.4 Å². The van der Waals surface area contributed by atoms with Crippen molar-refractivity contribution in [2.45, 2.75) is 58.8 Å². The molecule has 0 spiro atoms. The monoisotopic (exact) mass is 444 g/mol. The van der Waals surface area contributed by atoms with Crippen LogP contribution in [-0.4, -0.2) is 45.3 Å². The summed E-state index contributed by atoms with van der Waals surface area (Å²) < 4.78 is 2.36. The number of piperidine rings is 1. The summed E-state index contributed by atoms with van der Waals surface area (Å²) >= 11 is 0. The molecule has 0 unspecified atom stereocenters. The van der Waals surface area contributed by atoms with Crippen molar-refractivity contribution in [1.29, 1.82) is 0 Å². The van der Waals surface area contributed by atoms with Crippen LogP contribution in [0.25, 0.3) is 10.9 Å². The molecule has 172 valence electrons. The van der Waals surface area contributed by atoms with Crippen molar-refractivity contribution >= 4 is 22.7 Å². The van der Waals surface area contributed by atoms with E-state index in [1.165, 1.54) is 16.5 Å². The van der Waals surface area contributed by atoms with Crippen molar-refractivity contribution in [3.8, 4) is 0 Å². The molecule has 2 aliphatic rings. The van der Waals surface area contributed by atoms with Gasteiger partial charge in [-0.3, -0.25) is 14.5 Å². The molecule has 3 aromatic rings. The van der Waals surface area contributed by atoms with Crippen LogP contribution in [0.15, 0.2) is 42.6 Å². The molecule has 3 heterocycles. The predicted octanol–water partition coefficient (Wildman–Crippen LogP) is 4.25. The van der Waals surface area contributed by atoms with Gasteiger partial charge in [0.1, 0.15) is 0 Å². The van der Waals surface area contributed by atoms with Gasteiger partial charge in [0.2, 0.25) is 5.91 Å². The fourth-order valence-corrected chi connectivity index (χ4v) is 5.60. The zero-order valence-electron chi connectivity index (χ0n) is 19.7. The summed E-state index contributed by atoms with van der Waals surface area (Å²) in [5.41, 5.74) is 10.9. The molecule has 0 aliphatic carbocycles. The minimum absolute atomic E-state index is 0.0408. The van der Waals surface area contributed by atoms with E-state index < -0.39 is 5.91 Å². The standard InChI is InChI=1S/C27H32N4O2/c1-17(2)30-16-20(22-6-4-5-7-23(22)30)14-29-12-10-21(11-13-29)31-15-19-9-8-18(3)24(26(28)32)25(19)27(31)33/h4-9,16-17,21H,10-15H2,1-3H3,(H2,28,32). The van der Waals surface area contributed by atoms with E-state index in [2.05, 4.69) is 53.8 Å². The van der Waals surface area contributed by atoms with Crippen LogP contribution in [0.5, 0.6) is 0 Å². The Hall–Kier alpha value is -3.12. The van der Waals surface area contributed by atoms with Crippen LogP contribution in [0.3, 0.4) is 0 Å². The highest BCUT2D eigenvalue weighted by molar-refractivity contribution is 6.10. The number of fused-ring (bicyclic) bond motifs is 2. The Kier molecular flexibility index (Phi) is 5.49. The maximum absolute atomic E-state index is 13.3. The van der Waals surface area contributed by atoms with Crippen LogP contribution in [0, 0.1) is 6.92 Å². The van der Waals surface area contributed by atoms with Crippen LogP contribution in [0.2, 0.25) is 0 Å². The molecular formula is C27H32N4O2. The molecule has 0 atom stereocenters. The van der Waals surface area contributed by atoms with Crippen LogP contribution >= 0.6 is 0 Å². The van der Waals surface area contributed by atoms with Gasteiger partial charge in [0.15, 0.2) is 0 Å². The topological polar surface area (TPSA) is 71.6 Å². The quantitative estimate of drug-likeness (QED) is 0.640. The van der Waals surface area contributed by atoms with Crippen molar-refractivity contribution in [3.63, 3.8) is 0 Å². The van der Waals surface area contributed by atoms with Gasteiger partial charge in [-0.25, -0.2) is 0 Å². The second kappa shape index (κ2) is 8.34. The normalized spacial score (nSPS) is 17.3. The number of aromatic nitrogens is 1. The van der Waals surface area contributed by atoms with Crippen molar-refractivity contribution in [3.05, 3.63) is 70.4 Å². The zero-order chi connectivity index (χ0) is 23.3. The Bertz CT molecular complexity index is 1230. The van der Waals surface area contributed by atoms with Gasteiger partial charge in [0.05, 0.1) is 11.1 Å². The highest BCUT2D eigenvalue weighted by Gasteiger charge is 2.37. The first-order valence-electron chi connectivity index (χ1n) is 11.9. The van der Waals surface area contributed by atoms with Crippen LogP contribution < -0.4 is 5.73 Å². The number of rotatable bonds is 5. The summed E-state index contributed by atoms with van der Waals surface area (Å²) in [7, 11) is 0. The largest absolute Gasteiger partial charge is 0.366 e. The second-order valence-electron chi connectivity index (χ2n) is 9.77. The third kappa shape index (κ3) is 3.72. The molecule has 0 saturated carbocycles. The summed E-state index contributed by atoms with van der Waals surface area (Å²) in [5.74, 6) is -0.559. The number of amides is 2. The molecule has 6 nitrogen and oxygen atoms in total. The fraction of sp³-hybridized carbons (Fsp3) is 0.407. The lowest BCUT2D eigenvalue weighted by Crippen LogP contribution is -2.44. The first-order chi connectivity index (χ1) is 15.8. The average Bonchev–Trinajstić information content (AvgIpc) is 3.33. The number of carbonyl (C=O) groups excluding carboxylic acids is 2. The third-order valence-electron chi connectivity index (χ3n) is 7.33. The molecule has 1 saturated heterocycles. The molecule has 1 fully saturated rings. The highest BCUT2D eigenvalue weighted by Crippen LogP contribution is 2.33. The lowest BCUT2D eigenvalue weighted by Gasteiger charge is -2.36. The van der Waals surface area contributed by atoms with Gasteiger partial charge >= 0.3 is 0 Å². The molecule has 2 N–H and O–H groups in total. The number of para-hydroxylation sites is 1. The lowest BCUT2D eigenvalue weighted by atomic mass is 9.97. The molecule has 1 aromatic heterocycles. The van der Waals surface area contributed by atoms with Gasteiger partial charge in [-0.15, -0.1) is 0 Å². The summed E-state index contributed by atoms with van der Waals surface area (Å²) in [6.45, 7) is 9.68. The van der Waals surface area contributed by atoms with Gasteiger partial charge in [-0.1, -0.05) is 30.3 Å². The summed E-state index contributed by atoms with van der Waals surface area (Å²) in [4.78, 5) is 29.7. The number of nitrogens with two attached hydrogens (primary N) is 1. The van der Waals surface area contributed by atoms with Crippen LogP contribution in [0.4, 0.5) is 0 Å². The number of carbonyl (C=O) groups is 2. The van der Waals surface area contributed by atoms with E-state index in [9.17, 15) is 9.59 Å². The van der Waals surface area contributed by atoms with E-state index in [1.54, 1.807) is 0 Å². The van der Waals surface area contributed by atoms with Crippen LogP contribution in [-0.2, 0) is 13.1 Å². The highest BCUT2D eigenvalue weighted by atomic mass is 16.2. The Morgan fingerprint density at radius 2 is 1.85 bits per heavy atom. The van der Waals surface area contributed by atoms with Gasteiger partial charge in [-0.2, -0.15) is 0 Å². The van der Waals surface area contributed by atoms with E-state index in [0.717, 1.165) is 43.6 Å². The number of nitrogens with zero attached hydrogens (tertiary/aromatic N) is 3. The van der Waals surface area contributed by atoms with E-state index in [-0.39, 0.29) is 11.9 Å². The number of aryl methyl sites for hydroxylation is 1. The van der Waals surface area contributed by atoms with Crippen molar-refractivity contribution < 1.29 is 9.59 Å². The first kappa shape index (κ1) is 21.7. The van der Waals surface area contributed by atoms with E-state index in [0.29, 0.717) is 23.7 Å². The van der Waals surface area contributed by atoms with Crippen molar-refractivity contribution in [1.82, 2.24) is 14.4 Å². The van der Waals surface area contributed by atoms with E-state index in [1.807, 2.05) is 24.0 Å². The molecule has 0 bridgehead atoms. The minimum Gasteiger partial charge on any atom is -0.366 e. The lowest BCUT2D eigenvalue weighted by molar-refractivity contribution is 0.0588. The smallest absolute Gasteiger partial charge is 0.255 e. The SMILES string of the molecule is Cc1ccc2c(c1C(N)=O)C(=O)N(C1CCN(Cc3cn(C(C)C)c4ccccc34)CC1)C2. The fourth-order valence-electron chi connectivity index (χ4n) is 5.60. The van der Waals surface area contributed by atoms with Gasteiger partial charge in [0.25, 0.3) is 5.91 Å². The zero-order valence-corrected chi connectivity index (χ0v) is 19.7. The number of primary amides is 1.